The maximum absolute atomic E-state index is 11.5. The van der Waals surface area contributed by atoms with Gasteiger partial charge in [0.25, 0.3) is 0 Å². The minimum Gasteiger partial charge on any atom is -0.321 e. The van der Waals surface area contributed by atoms with Gasteiger partial charge in [-0.3, -0.25) is 13.9 Å². The van der Waals surface area contributed by atoms with E-state index in [2.05, 4.69) is 12.8 Å². The third kappa shape index (κ3) is 7.14. The smallest absolute Gasteiger partial charge is 0.231 e. The SMILES string of the molecule is CSCC[C@H](N)C(=O)CCCC(=O)N(C)S. The van der Waals surface area contributed by atoms with Crippen LogP contribution in [0, 0.1) is 0 Å². The molecule has 94 valence electrons. The van der Waals surface area contributed by atoms with Crippen LogP contribution in [0.5, 0.6) is 0 Å². The van der Waals surface area contributed by atoms with E-state index in [4.69, 9.17) is 5.73 Å². The van der Waals surface area contributed by atoms with E-state index < -0.39 is 0 Å². The molecule has 0 radical (unpaired) electrons. The number of ketones is 1. The van der Waals surface area contributed by atoms with Gasteiger partial charge in [-0.15, -0.1) is 0 Å². The van der Waals surface area contributed by atoms with Crippen molar-refractivity contribution in [3.8, 4) is 0 Å². The van der Waals surface area contributed by atoms with Gasteiger partial charge in [0.1, 0.15) is 5.78 Å². The first-order valence-electron chi connectivity index (χ1n) is 5.21. The van der Waals surface area contributed by atoms with E-state index in [1.54, 1.807) is 18.8 Å². The Balaban J connectivity index is 3.68. The summed E-state index contributed by atoms with van der Waals surface area (Å²) in [5.74, 6) is 0.864. The first-order valence-corrected chi connectivity index (χ1v) is 7.01. The molecule has 0 saturated carbocycles. The zero-order chi connectivity index (χ0) is 12.6. The lowest BCUT2D eigenvalue weighted by Crippen LogP contribution is -2.31. The molecule has 1 atom stereocenters. The van der Waals surface area contributed by atoms with Crippen molar-refractivity contribution in [2.75, 3.05) is 19.1 Å². The lowest BCUT2D eigenvalue weighted by atomic mass is 10.1. The average Bonchev–Trinajstić information content (AvgIpc) is 2.25. The molecule has 0 aliphatic rings. The van der Waals surface area contributed by atoms with Gasteiger partial charge in [0.2, 0.25) is 5.91 Å². The van der Waals surface area contributed by atoms with Crippen molar-refractivity contribution in [1.29, 1.82) is 0 Å². The Hall–Kier alpha value is -0.200. The van der Waals surface area contributed by atoms with E-state index in [0.717, 1.165) is 5.75 Å². The van der Waals surface area contributed by atoms with Crippen molar-refractivity contribution >= 4 is 36.3 Å². The summed E-state index contributed by atoms with van der Waals surface area (Å²) in [5.41, 5.74) is 5.71. The van der Waals surface area contributed by atoms with Gasteiger partial charge < -0.3 is 5.73 Å². The number of amides is 1. The molecule has 0 heterocycles. The standard InChI is InChI=1S/C10H20N2O2S2/c1-12(15)10(14)5-3-4-9(13)8(11)6-7-16-2/h8,15H,3-7,11H2,1-2H3/t8-/m0/s1. The van der Waals surface area contributed by atoms with Crippen molar-refractivity contribution in [2.24, 2.45) is 5.73 Å². The molecule has 0 aromatic rings. The van der Waals surface area contributed by atoms with Gasteiger partial charge in [-0.1, -0.05) is 12.8 Å². The molecule has 0 aromatic heterocycles. The van der Waals surface area contributed by atoms with Gasteiger partial charge in [-0.25, -0.2) is 0 Å². The number of hydrogen-bond acceptors (Lipinski definition) is 5. The third-order valence-electron chi connectivity index (χ3n) is 2.22. The van der Waals surface area contributed by atoms with Crippen LogP contribution >= 0.6 is 24.6 Å². The molecule has 1 amide bonds. The van der Waals surface area contributed by atoms with Gasteiger partial charge in [-0.2, -0.15) is 11.8 Å². The number of Topliss-reactive ketones (excluding diaryl/α,β-unsaturated/α-hetero) is 1. The Bertz CT molecular complexity index is 235. The highest BCUT2D eigenvalue weighted by Crippen LogP contribution is 2.06. The molecule has 0 spiro atoms. The minimum atomic E-state index is -0.378. The van der Waals surface area contributed by atoms with Crippen molar-refractivity contribution in [3.63, 3.8) is 0 Å². The molecule has 0 rings (SSSR count). The second-order valence-electron chi connectivity index (χ2n) is 3.63. The fraction of sp³-hybridized carbons (Fsp3) is 0.800. The first-order chi connectivity index (χ1) is 7.49. The summed E-state index contributed by atoms with van der Waals surface area (Å²) in [7, 11) is 1.58. The summed E-state index contributed by atoms with van der Waals surface area (Å²) < 4.78 is 1.23. The van der Waals surface area contributed by atoms with Crippen LogP contribution in [0.1, 0.15) is 25.7 Å². The molecular formula is C10H20N2O2S2. The minimum absolute atomic E-state index is 0.0451. The fourth-order valence-corrected chi connectivity index (χ4v) is 1.76. The zero-order valence-electron chi connectivity index (χ0n) is 9.81. The maximum Gasteiger partial charge on any atom is 0.231 e. The molecule has 0 unspecified atom stereocenters. The Morgan fingerprint density at radius 2 is 2.06 bits per heavy atom. The van der Waals surface area contributed by atoms with Gasteiger partial charge in [0, 0.05) is 19.9 Å². The molecule has 6 heteroatoms. The monoisotopic (exact) mass is 264 g/mol. The second-order valence-corrected chi connectivity index (χ2v) is 5.21. The number of carbonyl (C=O) groups is 2. The summed E-state index contributed by atoms with van der Waals surface area (Å²) in [4.78, 5) is 22.7. The number of nitrogens with zero attached hydrogens (tertiary/aromatic N) is 1. The molecule has 16 heavy (non-hydrogen) atoms. The van der Waals surface area contributed by atoms with Crippen molar-refractivity contribution < 1.29 is 9.59 Å². The van der Waals surface area contributed by atoms with Gasteiger partial charge in [-0.05, 0) is 24.9 Å². The quantitative estimate of drug-likeness (QED) is 0.645. The van der Waals surface area contributed by atoms with Crippen LogP contribution in [-0.4, -0.2) is 41.1 Å². The van der Waals surface area contributed by atoms with E-state index >= 15 is 0 Å². The normalized spacial score (nSPS) is 12.2. The van der Waals surface area contributed by atoms with Crippen molar-refractivity contribution in [1.82, 2.24) is 4.31 Å². The molecule has 0 aliphatic heterocycles. The van der Waals surface area contributed by atoms with Crippen LogP contribution in [0.3, 0.4) is 0 Å². The Kier molecular flexibility index (Phi) is 8.78. The number of nitrogens with two attached hydrogens (primary N) is 1. The zero-order valence-corrected chi connectivity index (χ0v) is 11.5. The second kappa shape index (κ2) is 8.90. The van der Waals surface area contributed by atoms with Crippen LogP contribution in [0.4, 0.5) is 0 Å². The highest BCUT2D eigenvalue weighted by atomic mass is 32.2. The number of rotatable bonds is 8. The van der Waals surface area contributed by atoms with E-state index in [1.165, 1.54) is 4.31 Å². The lowest BCUT2D eigenvalue weighted by Gasteiger charge is -2.10. The van der Waals surface area contributed by atoms with Crippen molar-refractivity contribution in [3.05, 3.63) is 0 Å². The highest BCUT2D eigenvalue weighted by Gasteiger charge is 2.13. The van der Waals surface area contributed by atoms with Crippen LogP contribution in [0.15, 0.2) is 0 Å². The Morgan fingerprint density at radius 1 is 1.44 bits per heavy atom. The van der Waals surface area contributed by atoms with E-state index in [-0.39, 0.29) is 17.7 Å². The summed E-state index contributed by atoms with van der Waals surface area (Å²) in [6.45, 7) is 0. The maximum atomic E-state index is 11.5. The van der Waals surface area contributed by atoms with Crippen LogP contribution in [-0.2, 0) is 9.59 Å². The van der Waals surface area contributed by atoms with Gasteiger partial charge >= 0.3 is 0 Å². The molecule has 0 saturated heterocycles. The number of thiol groups is 1. The van der Waals surface area contributed by atoms with Crippen LogP contribution < -0.4 is 5.73 Å². The van der Waals surface area contributed by atoms with Gasteiger partial charge in [0.05, 0.1) is 6.04 Å². The summed E-state index contributed by atoms with van der Waals surface area (Å²) in [6, 6.07) is -0.378. The Labute approximate surface area is 107 Å². The van der Waals surface area contributed by atoms with E-state index in [0.29, 0.717) is 25.7 Å². The molecule has 0 bridgehead atoms. The number of hydrogen-bond donors (Lipinski definition) is 2. The molecule has 4 nitrogen and oxygen atoms in total. The molecule has 2 N–H and O–H groups in total. The molecule has 0 aromatic carbocycles. The average molecular weight is 264 g/mol. The summed E-state index contributed by atoms with van der Waals surface area (Å²) in [6.07, 6.45) is 3.97. The molecular weight excluding hydrogens is 244 g/mol. The molecule has 0 aliphatic carbocycles. The third-order valence-corrected chi connectivity index (χ3v) is 3.09. The predicted octanol–water partition coefficient (Wildman–Crippen LogP) is 1.11. The largest absolute Gasteiger partial charge is 0.321 e. The predicted molar refractivity (Wildman–Crippen MR) is 71.6 cm³/mol. The summed E-state index contributed by atoms with van der Waals surface area (Å²) >= 11 is 5.55. The van der Waals surface area contributed by atoms with Gasteiger partial charge in [0.15, 0.2) is 0 Å². The first kappa shape index (κ1) is 15.8. The fourth-order valence-electron chi connectivity index (χ4n) is 1.17. The topological polar surface area (TPSA) is 63.4 Å². The van der Waals surface area contributed by atoms with E-state index in [9.17, 15) is 9.59 Å². The summed E-state index contributed by atoms with van der Waals surface area (Å²) in [5, 5.41) is 0. The van der Waals surface area contributed by atoms with E-state index in [1.807, 2.05) is 6.26 Å². The van der Waals surface area contributed by atoms with Crippen molar-refractivity contribution in [2.45, 2.75) is 31.7 Å². The Morgan fingerprint density at radius 3 is 2.56 bits per heavy atom. The number of thioether (sulfide) groups is 1. The molecule has 0 fully saturated rings. The van der Waals surface area contributed by atoms with Crippen LogP contribution in [0.2, 0.25) is 0 Å². The highest BCUT2D eigenvalue weighted by molar-refractivity contribution is 7.98. The van der Waals surface area contributed by atoms with Crippen LogP contribution in [0.25, 0.3) is 0 Å². The lowest BCUT2D eigenvalue weighted by molar-refractivity contribution is -0.125. The number of carbonyl (C=O) groups excluding carboxylic acids is 2.